The van der Waals surface area contributed by atoms with E-state index in [4.69, 9.17) is 9.47 Å². The molecule has 204 valence electrons. The van der Waals surface area contributed by atoms with E-state index < -0.39 is 35.2 Å². The summed E-state index contributed by atoms with van der Waals surface area (Å²) in [6.07, 6.45) is 5.76. The van der Waals surface area contributed by atoms with Gasteiger partial charge in [0.05, 0.1) is 31.5 Å². The Bertz CT molecular complexity index is 1310. The van der Waals surface area contributed by atoms with Crippen molar-refractivity contribution in [3.05, 3.63) is 82.5 Å². The van der Waals surface area contributed by atoms with E-state index >= 15 is 0 Å². The summed E-state index contributed by atoms with van der Waals surface area (Å²) in [7, 11) is 2.58. The molecule has 3 rings (SSSR count). The highest BCUT2D eigenvalue weighted by atomic mass is 32.2. The van der Waals surface area contributed by atoms with Gasteiger partial charge in [0.25, 0.3) is 5.60 Å². The SMILES string of the molecule is CCOC(=O)C1(CSc2ccc(C=CC(=O)OC)cc2)OC(=O)C(O)=C1Sc1ccc(C=CC(=O)OC)cc1. The molecular formula is C28H26O9S2. The van der Waals surface area contributed by atoms with Crippen molar-refractivity contribution in [2.24, 2.45) is 0 Å². The number of aliphatic hydroxyl groups excluding tert-OH is 1. The molecule has 1 aliphatic rings. The van der Waals surface area contributed by atoms with Crippen LogP contribution in [0.2, 0.25) is 0 Å². The van der Waals surface area contributed by atoms with Crippen molar-refractivity contribution >= 4 is 59.6 Å². The molecule has 2 aromatic carbocycles. The van der Waals surface area contributed by atoms with Gasteiger partial charge in [-0.25, -0.2) is 19.2 Å². The number of aliphatic hydroxyl groups is 1. The molecule has 1 unspecified atom stereocenters. The lowest BCUT2D eigenvalue weighted by molar-refractivity contribution is -0.169. The minimum absolute atomic E-state index is 0.0222. The van der Waals surface area contributed by atoms with E-state index in [9.17, 15) is 24.3 Å². The highest BCUT2D eigenvalue weighted by Gasteiger charge is 2.56. The second kappa shape index (κ2) is 13.7. The average molecular weight is 571 g/mol. The van der Waals surface area contributed by atoms with Crippen molar-refractivity contribution in [1.29, 1.82) is 0 Å². The predicted octanol–water partition coefficient (Wildman–Crippen LogP) is 4.57. The minimum atomic E-state index is -1.86. The van der Waals surface area contributed by atoms with E-state index in [0.29, 0.717) is 4.90 Å². The molecule has 1 atom stereocenters. The van der Waals surface area contributed by atoms with Gasteiger partial charge in [0.1, 0.15) is 0 Å². The molecule has 11 heteroatoms. The molecule has 2 aromatic rings. The summed E-state index contributed by atoms with van der Waals surface area (Å²) >= 11 is 2.25. The Hall–Kier alpha value is -3.96. The van der Waals surface area contributed by atoms with Crippen molar-refractivity contribution in [2.45, 2.75) is 22.3 Å². The third-order valence-corrected chi connectivity index (χ3v) is 7.69. The van der Waals surface area contributed by atoms with Crippen LogP contribution >= 0.6 is 23.5 Å². The Morgan fingerprint density at radius 1 is 0.897 bits per heavy atom. The molecule has 1 aliphatic heterocycles. The van der Waals surface area contributed by atoms with Crippen LogP contribution in [0.15, 0.2) is 81.1 Å². The van der Waals surface area contributed by atoms with Crippen molar-refractivity contribution in [3.8, 4) is 0 Å². The standard InChI is InChI=1S/C28H26O9S2/c1-4-36-27(33)28(17-38-20-11-5-18(6-12-20)9-15-22(29)34-2)25(24(31)26(32)37-28)39-21-13-7-19(8-14-21)10-16-23(30)35-3/h5-16,31H,4,17H2,1-3H3. The van der Waals surface area contributed by atoms with Gasteiger partial charge < -0.3 is 24.1 Å². The van der Waals surface area contributed by atoms with E-state index in [0.717, 1.165) is 27.8 Å². The number of benzene rings is 2. The summed E-state index contributed by atoms with van der Waals surface area (Å²) in [6.45, 7) is 1.68. The van der Waals surface area contributed by atoms with Gasteiger partial charge in [0, 0.05) is 21.9 Å². The first-order chi connectivity index (χ1) is 18.7. The van der Waals surface area contributed by atoms with Crippen LogP contribution in [0.1, 0.15) is 18.1 Å². The number of carbonyl (C=O) groups excluding carboxylic acids is 4. The van der Waals surface area contributed by atoms with Crippen LogP contribution in [0.3, 0.4) is 0 Å². The largest absolute Gasteiger partial charge is 0.501 e. The zero-order valence-corrected chi connectivity index (χ0v) is 23.0. The van der Waals surface area contributed by atoms with Gasteiger partial charge in [0.2, 0.25) is 5.76 Å². The van der Waals surface area contributed by atoms with Crippen molar-refractivity contribution < 1.29 is 43.2 Å². The van der Waals surface area contributed by atoms with E-state index in [1.807, 2.05) is 0 Å². The molecule has 9 nitrogen and oxygen atoms in total. The lowest BCUT2D eigenvalue weighted by Crippen LogP contribution is -2.44. The number of hydrogen-bond donors (Lipinski definition) is 1. The van der Waals surface area contributed by atoms with Gasteiger partial charge >= 0.3 is 23.9 Å². The summed E-state index contributed by atoms with van der Waals surface area (Å²) in [6, 6.07) is 14.0. The molecule has 0 aromatic heterocycles. The smallest absolute Gasteiger partial charge is 0.375 e. The van der Waals surface area contributed by atoms with Gasteiger partial charge in [-0.1, -0.05) is 36.0 Å². The fourth-order valence-corrected chi connectivity index (χ4v) is 5.45. The Kier molecular flexibility index (Phi) is 10.4. The fraction of sp³-hybridized carbons (Fsp3) is 0.214. The summed E-state index contributed by atoms with van der Waals surface area (Å²) in [4.78, 5) is 49.7. The van der Waals surface area contributed by atoms with E-state index in [1.165, 1.54) is 38.1 Å². The van der Waals surface area contributed by atoms with Crippen LogP contribution in [0, 0.1) is 0 Å². The first-order valence-corrected chi connectivity index (χ1v) is 13.4. The average Bonchev–Trinajstić information content (AvgIpc) is 3.20. The number of carbonyl (C=O) groups is 4. The molecule has 0 saturated heterocycles. The highest BCUT2D eigenvalue weighted by molar-refractivity contribution is 8.03. The maximum atomic E-state index is 13.2. The second-order valence-corrected chi connectivity index (χ2v) is 9.99. The lowest BCUT2D eigenvalue weighted by Gasteiger charge is -2.27. The molecular weight excluding hydrogens is 544 g/mol. The number of thioether (sulfide) groups is 2. The molecule has 0 amide bonds. The summed E-state index contributed by atoms with van der Waals surface area (Å²) in [5.74, 6) is -3.50. The van der Waals surface area contributed by atoms with Crippen LogP contribution in [0.5, 0.6) is 0 Å². The lowest BCUT2D eigenvalue weighted by atomic mass is 10.1. The second-order valence-electron chi connectivity index (χ2n) is 7.86. The predicted molar refractivity (Wildman–Crippen MR) is 147 cm³/mol. The Labute approximate surface area is 233 Å². The Balaban J connectivity index is 1.84. The van der Waals surface area contributed by atoms with Gasteiger partial charge in [0.15, 0.2) is 0 Å². The Morgan fingerprint density at radius 3 is 1.90 bits per heavy atom. The van der Waals surface area contributed by atoms with E-state index in [1.54, 1.807) is 67.6 Å². The molecule has 39 heavy (non-hydrogen) atoms. The molecule has 0 aliphatic carbocycles. The third kappa shape index (κ3) is 7.55. The van der Waals surface area contributed by atoms with Gasteiger partial charge in [-0.15, -0.1) is 11.8 Å². The molecule has 0 spiro atoms. The molecule has 0 bridgehead atoms. The summed E-state index contributed by atoms with van der Waals surface area (Å²) in [5, 5.41) is 10.6. The number of cyclic esters (lactones) is 1. The molecule has 0 saturated carbocycles. The number of hydrogen-bond acceptors (Lipinski definition) is 11. The number of rotatable bonds is 11. The van der Waals surface area contributed by atoms with Gasteiger partial charge in [-0.05, 0) is 54.5 Å². The van der Waals surface area contributed by atoms with Crippen molar-refractivity contribution in [1.82, 2.24) is 0 Å². The maximum Gasteiger partial charge on any atom is 0.375 e. The molecule has 0 radical (unpaired) electrons. The zero-order chi connectivity index (χ0) is 28.4. The van der Waals surface area contributed by atoms with Crippen LogP contribution < -0.4 is 0 Å². The number of methoxy groups -OCH3 is 2. The van der Waals surface area contributed by atoms with Gasteiger partial charge in [-0.2, -0.15) is 0 Å². The maximum absolute atomic E-state index is 13.2. The first kappa shape index (κ1) is 29.6. The van der Waals surface area contributed by atoms with E-state index in [2.05, 4.69) is 9.47 Å². The van der Waals surface area contributed by atoms with Gasteiger partial charge in [-0.3, -0.25) is 0 Å². The van der Waals surface area contributed by atoms with Crippen molar-refractivity contribution in [3.63, 3.8) is 0 Å². The molecule has 1 N–H and O–H groups in total. The quantitative estimate of drug-likeness (QED) is 0.177. The van der Waals surface area contributed by atoms with Crippen LogP contribution in [-0.4, -0.2) is 61.2 Å². The van der Waals surface area contributed by atoms with Crippen molar-refractivity contribution in [2.75, 3.05) is 26.6 Å². The normalized spacial score (nSPS) is 16.9. The minimum Gasteiger partial charge on any atom is -0.501 e. The monoisotopic (exact) mass is 570 g/mol. The Morgan fingerprint density at radius 2 is 1.41 bits per heavy atom. The molecule has 1 heterocycles. The highest BCUT2D eigenvalue weighted by Crippen LogP contribution is 2.46. The van der Waals surface area contributed by atoms with Crippen LogP contribution in [0.25, 0.3) is 12.2 Å². The summed E-state index contributed by atoms with van der Waals surface area (Å²) in [5.41, 5.74) is -0.381. The third-order valence-electron chi connectivity index (χ3n) is 5.30. The number of ether oxygens (including phenoxy) is 4. The van der Waals surface area contributed by atoms with Crippen LogP contribution in [0.4, 0.5) is 0 Å². The number of esters is 4. The fourth-order valence-electron chi connectivity index (χ4n) is 3.29. The first-order valence-electron chi connectivity index (χ1n) is 11.6. The summed E-state index contributed by atoms with van der Waals surface area (Å²) < 4.78 is 19.9. The topological polar surface area (TPSA) is 125 Å². The van der Waals surface area contributed by atoms with E-state index in [-0.39, 0.29) is 17.3 Å². The van der Waals surface area contributed by atoms with Crippen LogP contribution in [-0.2, 0) is 38.1 Å². The zero-order valence-electron chi connectivity index (χ0n) is 21.4. The molecule has 0 fully saturated rings.